The van der Waals surface area contributed by atoms with Crippen molar-refractivity contribution in [2.24, 2.45) is 5.41 Å². The number of carbonyl (C=O) groups is 1. The zero-order chi connectivity index (χ0) is 11.6. The number of hydrogen-bond acceptors (Lipinski definition) is 3. The fourth-order valence-electron chi connectivity index (χ4n) is 0.812. The minimum atomic E-state index is -3.73. The second kappa shape index (κ2) is 4.24. The van der Waals surface area contributed by atoms with E-state index in [0.29, 0.717) is 0 Å². The number of rotatable bonds is 4. The maximum Gasteiger partial charge on any atom is 0.322 e. The topological polar surface area (TPSA) is 95.5 Å². The summed E-state index contributed by atoms with van der Waals surface area (Å²) in [6.45, 7) is 4.93. The third-order valence-corrected chi connectivity index (χ3v) is 2.74. The van der Waals surface area contributed by atoms with Gasteiger partial charge in [-0.1, -0.05) is 20.8 Å². The molecule has 0 amide bonds. The van der Waals surface area contributed by atoms with Crippen LogP contribution in [0.25, 0.3) is 0 Å². The van der Waals surface area contributed by atoms with Gasteiger partial charge in [-0.3, -0.25) is 4.79 Å². The van der Waals surface area contributed by atoms with Crippen LogP contribution in [0.5, 0.6) is 0 Å². The van der Waals surface area contributed by atoms with Crippen LogP contribution < -0.4 is 9.44 Å². The number of hydrogen-bond donors (Lipinski definition) is 3. The average Bonchev–Trinajstić information content (AvgIpc) is 1.98. The Labute approximate surface area is 83.9 Å². The molecule has 84 valence electrons. The van der Waals surface area contributed by atoms with Gasteiger partial charge < -0.3 is 5.11 Å². The summed E-state index contributed by atoms with van der Waals surface area (Å²) in [5.74, 6) is -1.20. The summed E-state index contributed by atoms with van der Waals surface area (Å²) < 4.78 is 26.2. The van der Waals surface area contributed by atoms with E-state index in [2.05, 4.69) is 0 Å². The van der Waals surface area contributed by atoms with Crippen LogP contribution in [0, 0.1) is 5.41 Å². The molecule has 0 heterocycles. The molecule has 3 N–H and O–H groups in total. The van der Waals surface area contributed by atoms with E-state index in [-0.39, 0.29) is 0 Å². The van der Waals surface area contributed by atoms with E-state index in [9.17, 15) is 13.2 Å². The molecule has 1 atom stereocenters. The molecule has 0 saturated heterocycles. The molecule has 0 aromatic carbocycles. The van der Waals surface area contributed by atoms with Crippen molar-refractivity contribution in [3.63, 3.8) is 0 Å². The van der Waals surface area contributed by atoms with E-state index >= 15 is 0 Å². The lowest BCUT2D eigenvalue weighted by atomic mass is 9.88. The van der Waals surface area contributed by atoms with Crippen LogP contribution in [0.15, 0.2) is 0 Å². The smallest absolute Gasteiger partial charge is 0.322 e. The Balaban J connectivity index is 4.83. The highest BCUT2D eigenvalue weighted by Crippen LogP contribution is 2.19. The Bertz CT molecular complexity index is 304. The monoisotopic (exact) mass is 224 g/mol. The molecule has 0 aliphatic carbocycles. The highest BCUT2D eigenvalue weighted by atomic mass is 32.2. The van der Waals surface area contributed by atoms with E-state index in [1.165, 1.54) is 7.05 Å². The van der Waals surface area contributed by atoms with Gasteiger partial charge in [0.15, 0.2) is 0 Å². The van der Waals surface area contributed by atoms with Gasteiger partial charge in [0.2, 0.25) is 0 Å². The van der Waals surface area contributed by atoms with Gasteiger partial charge >= 0.3 is 5.97 Å². The fourth-order valence-corrected chi connectivity index (χ4v) is 1.69. The molecule has 0 radical (unpaired) electrons. The predicted octanol–water partition coefficient (Wildman–Crippen LogP) is -0.461. The number of carboxylic acids is 1. The van der Waals surface area contributed by atoms with Gasteiger partial charge in [-0.05, 0) is 5.41 Å². The Morgan fingerprint density at radius 2 is 1.79 bits per heavy atom. The summed E-state index contributed by atoms with van der Waals surface area (Å²) in [5, 5.41) is 8.81. The first-order chi connectivity index (χ1) is 6.10. The van der Waals surface area contributed by atoms with Crippen molar-refractivity contribution < 1.29 is 18.3 Å². The summed E-state index contributed by atoms with van der Waals surface area (Å²) in [7, 11) is -2.52. The Kier molecular flexibility index (Phi) is 4.04. The van der Waals surface area contributed by atoms with Crippen molar-refractivity contribution in [3.05, 3.63) is 0 Å². The van der Waals surface area contributed by atoms with Crippen LogP contribution in [-0.2, 0) is 15.0 Å². The van der Waals surface area contributed by atoms with Crippen molar-refractivity contribution >= 4 is 16.2 Å². The lowest BCUT2D eigenvalue weighted by Gasteiger charge is -2.27. The van der Waals surface area contributed by atoms with Crippen LogP contribution in [0.4, 0.5) is 0 Å². The minimum absolute atomic E-state index is 0.685. The SMILES string of the molecule is CNS(=O)(=O)N[C@@H](C(=O)O)C(C)(C)C. The van der Waals surface area contributed by atoms with Gasteiger partial charge in [0.1, 0.15) is 6.04 Å². The normalized spacial score (nSPS) is 15.1. The lowest BCUT2D eigenvalue weighted by Crippen LogP contribution is -2.51. The van der Waals surface area contributed by atoms with Crippen molar-refractivity contribution in [1.29, 1.82) is 0 Å². The maximum absolute atomic E-state index is 11.1. The van der Waals surface area contributed by atoms with E-state index in [0.717, 1.165) is 0 Å². The third-order valence-electron chi connectivity index (χ3n) is 1.65. The number of carboxylic acid groups (broad SMARTS) is 1. The van der Waals surface area contributed by atoms with Crippen molar-refractivity contribution in [1.82, 2.24) is 9.44 Å². The second-order valence-corrected chi connectivity index (χ2v) is 5.61. The minimum Gasteiger partial charge on any atom is -0.480 e. The molecule has 6 nitrogen and oxygen atoms in total. The molecule has 0 bridgehead atoms. The molecule has 0 aromatic rings. The van der Waals surface area contributed by atoms with Crippen LogP contribution in [0.1, 0.15) is 20.8 Å². The summed E-state index contributed by atoms with van der Waals surface area (Å²) in [6.07, 6.45) is 0. The summed E-state index contributed by atoms with van der Waals surface area (Å²) in [4.78, 5) is 10.8. The van der Waals surface area contributed by atoms with Gasteiger partial charge in [-0.2, -0.15) is 13.1 Å². The van der Waals surface area contributed by atoms with Gasteiger partial charge in [0, 0.05) is 7.05 Å². The van der Waals surface area contributed by atoms with E-state index in [1.54, 1.807) is 20.8 Å². The summed E-state index contributed by atoms with van der Waals surface area (Å²) >= 11 is 0. The summed E-state index contributed by atoms with van der Waals surface area (Å²) in [5.41, 5.74) is -0.685. The third kappa shape index (κ3) is 4.03. The zero-order valence-electron chi connectivity index (χ0n) is 8.66. The Morgan fingerprint density at radius 3 is 2.00 bits per heavy atom. The largest absolute Gasteiger partial charge is 0.480 e. The standard InChI is InChI=1S/C7H16N2O4S/c1-7(2,3)5(6(10)11)9-14(12,13)8-4/h5,8-9H,1-4H3,(H,10,11)/t5-/m0/s1. The first-order valence-electron chi connectivity index (χ1n) is 4.04. The Morgan fingerprint density at radius 1 is 1.36 bits per heavy atom. The van der Waals surface area contributed by atoms with Gasteiger partial charge in [0.05, 0.1) is 0 Å². The van der Waals surface area contributed by atoms with Crippen LogP contribution in [0.3, 0.4) is 0 Å². The molecule has 7 heteroatoms. The van der Waals surface area contributed by atoms with Crippen LogP contribution in [-0.4, -0.2) is 32.6 Å². The quantitative estimate of drug-likeness (QED) is 0.602. The van der Waals surface area contributed by atoms with E-state index in [1.807, 2.05) is 9.44 Å². The molecule has 0 spiro atoms. The molecule has 0 aliphatic rings. The first-order valence-corrected chi connectivity index (χ1v) is 5.52. The molecular formula is C7H16N2O4S. The van der Waals surface area contributed by atoms with E-state index in [4.69, 9.17) is 5.11 Å². The van der Waals surface area contributed by atoms with Gasteiger partial charge in [0.25, 0.3) is 10.2 Å². The molecule has 0 fully saturated rings. The molecule has 0 aliphatic heterocycles. The number of nitrogens with one attached hydrogen (secondary N) is 2. The Hall–Kier alpha value is -0.660. The highest BCUT2D eigenvalue weighted by Gasteiger charge is 2.34. The van der Waals surface area contributed by atoms with Crippen molar-refractivity contribution in [3.8, 4) is 0 Å². The summed E-state index contributed by atoms with van der Waals surface area (Å²) in [6, 6.07) is -1.15. The van der Waals surface area contributed by atoms with Gasteiger partial charge in [-0.25, -0.2) is 4.72 Å². The maximum atomic E-state index is 11.1. The zero-order valence-corrected chi connectivity index (χ0v) is 9.47. The second-order valence-electron chi connectivity index (χ2n) is 3.96. The lowest BCUT2D eigenvalue weighted by molar-refractivity contribution is -0.141. The van der Waals surface area contributed by atoms with Gasteiger partial charge in [-0.15, -0.1) is 0 Å². The first kappa shape index (κ1) is 13.3. The van der Waals surface area contributed by atoms with Crippen LogP contribution in [0.2, 0.25) is 0 Å². The van der Waals surface area contributed by atoms with Crippen molar-refractivity contribution in [2.45, 2.75) is 26.8 Å². The average molecular weight is 224 g/mol. The molecule has 0 aromatic heterocycles. The molecular weight excluding hydrogens is 208 g/mol. The molecule has 0 saturated carbocycles. The fraction of sp³-hybridized carbons (Fsp3) is 0.857. The molecule has 0 rings (SSSR count). The van der Waals surface area contributed by atoms with Crippen LogP contribution >= 0.6 is 0 Å². The molecule has 0 unspecified atom stereocenters. The number of aliphatic carboxylic acids is 1. The van der Waals surface area contributed by atoms with E-state index < -0.39 is 27.6 Å². The molecule has 14 heavy (non-hydrogen) atoms. The predicted molar refractivity (Wildman–Crippen MR) is 52.0 cm³/mol. The van der Waals surface area contributed by atoms with Crippen molar-refractivity contribution in [2.75, 3.05) is 7.05 Å². The highest BCUT2D eigenvalue weighted by molar-refractivity contribution is 7.87.